The van der Waals surface area contributed by atoms with Crippen molar-refractivity contribution in [3.63, 3.8) is 0 Å². The molecule has 7 heteroatoms. The van der Waals surface area contributed by atoms with Gasteiger partial charge in [-0.1, -0.05) is 6.92 Å². The first-order chi connectivity index (χ1) is 9.28. The predicted octanol–water partition coefficient (Wildman–Crippen LogP) is 1.84. The molecule has 2 unspecified atom stereocenters. The molecular weight excluding hydrogens is 286 g/mol. The highest BCUT2D eigenvalue weighted by molar-refractivity contribution is 7.89. The van der Waals surface area contributed by atoms with Gasteiger partial charge in [-0.2, -0.15) is 4.31 Å². The van der Waals surface area contributed by atoms with E-state index >= 15 is 0 Å². The fraction of sp³-hybridized carbons (Fsp3) is 0.538. The topological polar surface area (TPSA) is 63.4 Å². The maximum Gasteiger partial charge on any atom is 0.246 e. The van der Waals surface area contributed by atoms with E-state index in [1.165, 1.54) is 4.31 Å². The number of benzene rings is 1. The van der Waals surface area contributed by atoms with Crippen molar-refractivity contribution in [1.82, 2.24) is 4.31 Å². The first kappa shape index (κ1) is 15.3. The van der Waals surface area contributed by atoms with Crippen LogP contribution in [0.4, 0.5) is 8.78 Å². The molecule has 0 amide bonds. The van der Waals surface area contributed by atoms with Gasteiger partial charge in [-0.15, -0.1) is 0 Å². The smallest absolute Gasteiger partial charge is 0.246 e. The van der Waals surface area contributed by atoms with Gasteiger partial charge in [-0.25, -0.2) is 17.2 Å². The number of rotatable bonds is 3. The van der Waals surface area contributed by atoms with Gasteiger partial charge in [0, 0.05) is 24.7 Å². The molecule has 0 aliphatic carbocycles. The summed E-state index contributed by atoms with van der Waals surface area (Å²) in [6, 6.07) is 1.72. The first-order valence-corrected chi connectivity index (χ1v) is 7.91. The zero-order valence-electron chi connectivity index (χ0n) is 11.4. The minimum Gasteiger partial charge on any atom is -0.326 e. The molecule has 0 bridgehead atoms. The fourth-order valence-corrected chi connectivity index (χ4v) is 4.54. The number of halogens is 2. The molecule has 1 aliphatic heterocycles. The van der Waals surface area contributed by atoms with Gasteiger partial charge >= 0.3 is 0 Å². The molecule has 0 saturated carbocycles. The van der Waals surface area contributed by atoms with Gasteiger partial charge in [-0.05, 0) is 31.4 Å². The van der Waals surface area contributed by atoms with E-state index in [4.69, 9.17) is 5.73 Å². The minimum atomic E-state index is -3.96. The summed E-state index contributed by atoms with van der Waals surface area (Å²) in [7, 11) is -3.96. The Kier molecular flexibility index (Phi) is 4.13. The second kappa shape index (κ2) is 5.38. The van der Waals surface area contributed by atoms with E-state index in [1.807, 2.05) is 6.92 Å². The molecule has 2 atom stereocenters. The Bertz CT molecular complexity index is 619. The highest BCUT2D eigenvalue weighted by atomic mass is 32.2. The molecule has 20 heavy (non-hydrogen) atoms. The van der Waals surface area contributed by atoms with E-state index in [9.17, 15) is 17.2 Å². The predicted molar refractivity (Wildman–Crippen MR) is 71.4 cm³/mol. The summed E-state index contributed by atoms with van der Waals surface area (Å²) in [5.41, 5.74) is 4.88. The van der Waals surface area contributed by atoms with Gasteiger partial charge in [0.15, 0.2) is 5.82 Å². The summed E-state index contributed by atoms with van der Waals surface area (Å²) in [6.07, 6.45) is 0.728. The van der Waals surface area contributed by atoms with Crippen molar-refractivity contribution in [3.8, 4) is 0 Å². The van der Waals surface area contributed by atoms with Gasteiger partial charge in [0.2, 0.25) is 10.0 Å². The fourth-order valence-electron chi connectivity index (χ4n) is 2.69. The van der Waals surface area contributed by atoms with Crippen LogP contribution in [0.5, 0.6) is 0 Å². The Morgan fingerprint density at radius 1 is 1.35 bits per heavy atom. The molecule has 0 radical (unpaired) electrons. The SMILES string of the molecule is CC1CC(C)N(S(=O)(=O)c2ccc(F)c(CN)c2F)C1. The van der Waals surface area contributed by atoms with Crippen LogP contribution in [0, 0.1) is 17.6 Å². The Morgan fingerprint density at radius 2 is 2.00 bits per heavy atom. The summed E-state index contributed by atoms with van der Waals surface area (Å²) < 4.78 is 53.9. The van der Waals surface area contributed by atoms with Crippen molar-refractivity contribution >= 4 is 10.0 Å². The molecule has 2 N–H and O–H groups in total. The molecule has 1 aromatic rings. The molecule has 2 rings (SSSR count). The maximum atomic E-state index is 14.2. The standard InChI is InChI=1S/C13H18F2N2O2S/c1-8-5-9(2)17(7-8)20(18,19)12-4-3-11(14)10(6-16)13(12)15/h3-4,8-9H,5-7,16H2,1-2H3. The lowest BCUT2D eigenvalue weighted by atomic mass is 10.1. The quantitative estimate of drug-likeness (QED) is 0.927. The molecule has 1 heterocycles. The van der Waals surface area contributed by atoms with Gasteiger partial charge < -0.3 is 5.73 Å². The largest absolute Gasteiger partial charge is 0.326 e. The van der Waals surface area contributed by atoms with Crippen molar-refractivity contribution in [3.05, 3.63) is 29.3 Å². The minimum absolute atomic E-state index is 0.194. The van der Waals surface area contributed by atoms with Crippen LogP contribution in [0.3, 0.4) is 0 Å². The van der Waals surface area contributed by atoms with E-state index in [0.717, 1.165) is 18.6 Å². The van der Waals surface area contributed by atoms with Gasteiger partial charge in [0.05, 0.1) is 0 Å². The maximum absolute atomic E-state index is 14.2. The summed E-state index contributed by atoms with van der Waals surface area (Å²) in [6.45, 7) is 3.69. The van der Waals surface area contributed by atoms with Crippen LogP contribution in [-0.4, -0.2) is 25.3 Å². The third-order valence-electron chi connectivity index (χ3n) is 3.67. The number of nitrogens with zero attached hydrogens (tertiary/aromatic N) is 1. The molecule has 1 aliphatic rings. The average molecular weight is 304 g/mol. The molecule has 0 aromatic heterocycles. The summed E-state index contributed by atoms with van der Waals surface area (Å²) in [5.74, 6) is -1.69. The van der Waals surface area contributed by atoms with Crippen molar-refractivity contribution in [2.45, 2.75) is 37.8 Å². The van der Waals surface area contributed by atoms with Crippen LogP contribution >= 0.6 is 0 Å². The van der Waals surface area contributed by atoms with Crippen LogP contribution in [0.15, 0.2) is 17.0 Å². The second-order valence-electron chi connectivity index (χ2n) is 5.31. The van der Waals surface area contributed by atoms with Crippen molar-refractivity contribution < 1.29 is 17.2 Å². The van der Waals surface area contributed by atoms with Crippen LogP contribution in [0.2, 0.25) is 0 Å². The zero-order chi connectivity index (χ0) is 15.1. The lowest BCUT2D eigenvalue weighted by Gasteiger charge is -2.21. The van der Waals surface area contributed by atoms with E-state index < -0.39 is 32.1 Å². The highest BCUT2D eigenvalue weighted by Gasteiger charge is 2.38. The Balaban J connectivity index is 2.50. The molecule has 4 nitrogen and oxygen atoms in total. The lowest BCUT2D eigenvalue weighted by Crippen LogP contribution is -2.34. The van der Waals surface area contributed by atoms with Crippen molar-refractivity contribution in [2.24, 2.45) is 11.7 Å². The Labute approximate surface area is 117 Å². The van der Waals surface area contributed by atoms with E-state index in [2.05, 4.69) is 0 Å². The first-order valence-electron chi connectivity index (χ1n) is 6.47. The molecule has 1 saturated heterocycles. The molecule has 112 valence electrons. The number of sulfonamides is 1. The third-order valence-corrected chi connectivity index (χ3v) is 5.67. The summed E-state index contributed by atoms with van der Waals surface area (Å²) in [4.78, 5) is -0.500. The molecule has 1 aromatic carbocycles. The zero-order valence-corrected chi connectivity index (χ0v) is 12.3. The second-order valence-corrected chi connectivity index (χ2v) is 7.17. The summed E-state index contributed by atoms with van der Waals surface area (Å²) in [5, 5.41) is 0. The average Bonchev–Trinajstić information content (AvgIpc) is 2.69. The molecule has 1 fully saturated rings. The summed E-state index contributed by atoms with van der Waals surface area (Å²) >= 11 is 0. The molecule has 0 spiro atoms. The number of hydrogen-bond donors (Lipinski definition) is 1. The van der Waals surface area contributed by atoms with Gasteiger partial charge in [-0.3, -0.25) is 0 Å². The van der Waals surface area contributed by atoms with Crippen LogP contribution in [0.1, 0.15) is 25.8 Å². The lowest BCUT2D eigenvalue weighted by molar-refractivity contribution is 0.401. The normalized spacial score (nSPS) is 24.2. The molecular formula is C13H18F2N2O2S. The van der Waals surface area contributed by atoms with Gasteiger partial charge in [0.1, 0.15) is 10.7 Å². The van der Waals surface area contributed by atoms with Gasteiger partial charge in [0.25, 0.3) is 0 Å². The Hall–Kier alpha value is -1.05. The highest BCUT2D eigenvalue weighted by Crippen LogP contribution is 2.31. The monoisotopic (exact) mass is 304 g/mol. The van der Waals surface area contributed by atoms with E-state index in [0.29, 0.717) is 6.54 Å². The number of hydrogen-bond acceptors (Lipinski definition) is 3. The number of nitrogens with two attached hydrogens (primary N) is 1. The van der Waals surface area contributed by atoms with E-state index in [-0.39, 0.29) is 18.5 Å². The van der Waals surface area contributed by atoms with Crippen LogP contribution in [0.25, 0.3) is 0 Å². The van der Waals surface area contributed by atoms with Crippen LogP contribution in [-0.2, 0) is 16.6 Å². The van der Waals surface area contributed by atoms with E-state index in [1.54, 1.807) is 6.92 Å². The Morgan fingerprint density at radius 3 is 2.50 bits per heavy atom. The van der Waals surface area contributed by atoms with Crippen LogP contribution < -0.4 is 5.73 Å². The third kappa shape index (κ3) is 2.45. The van der Waals surface area contributed by atoms with Crippen molar-refractivity contribution in [1.29, 1.82) is 0 Å². The van der Waals surface area contributed by atoms with Crippen molar-refractivity contribution in [2.75, 3.05) is 6.54 Å².